The molecule has 0 saturated heterocycles. The van der Waals surface area contributed by atoms with Crippen molar-refractivity contribution < 1.29 is 32.3 Å². The molecule has 1 aromatic carbocycles. The van der Waals surface area contributed by atoms with Gasteiger partial charge in [-0.05, 0) is 6.07 Å². The van der Waals surface area contributed by atoms with Crippen LogP contribution in [0.25, 0.3) is 0 Å². The number of aromatic carboxylic acids is 1. The normalized spacial score (nSPS) is 9.15. The summed E-state index contributed by atoms with van der Waals surface area (Å²) in [6.45, 7) is 0. The minimum absolute atomic E-state index is 0. The minimum Gasteiger partial charge on any atom is -0.545 e. The number of hydrogen-bond acceptors (Lipinski definition) is 2. The monoisotopic (exact) mass is 330 g/mol. The van der Waals surface area contributed by atoms with Crippen LogP contribution in [0, 0.1) is 0 Å². The summed E-state index contributed by atoms with van der Waals surface area (Å²) in [6, 6.07) is 2.59. The summed E-state index contributed by atoms with van der Waals surface area (Å²) in [5.74, 6) is -1.38. The van der Waals surface area contributed by atoms with Gasteiger partial charge in [0.05, 0.1) is 21.0 Å². The van der Waals surface area contributed by atoms with Gasteiger partial charge in [-0.1, -0.05) is 40.9 Å². The van der Waals surface area contributed by atoms with Crippen molar-refractivity contribution in [1.82, 2.24) is 0 Å². The second-order valence-electron chi connectivity index (χ2n) is 2.01. The smallest absolute Gasteiger partial charge is 0.545 e. The molecule has 0 aromatic heterocycles. The molecule has 0 unspecified atom stereocenters. The second kappa shape index (κ2) is 5.25. The molecular formula is C7H2AgCl3O2. The molecule has 0 radical (unpaired) electrons. The van der Waals surface area contributed by atoms with Crippen LogP contribution in [-0.4, -0.2) is 5.97 Å². The van der Waals surface area contributed by atoms with Crippen LogP contribution < -0.4 is 5.11 Å². The van der Waals surface area contributed by atoms with Crippen LogP contribution in [0.15, 0.2) is 12.1 Å². The quantitative estimate of drug-likeness (QED) is 0.583. The summed E-state index contributed by atoms with van der Waals surface area (Å²) in [5.41, 5.74) is -0.161. The Balaban J connectivity index is 0.00000144. The van der Waals surface area contributed by atoms with E-state index in [-0.39, 0.29) is 43.0 Å². The molecule has 0 heterocycles. The number of carboxylic acid groups (broad SMARTS) is 1. The standard InChI is InChI=1S/C7H3Cl3O2.Ag/c8-4-2-1-3(7(11)12)5(9)6(4)10;/h1-2H,(H,11,12);/q;+1/p-1. The van der Waals surface area contributed by atoms with Crippen LogP contribution in [0.2, 0.25) is 15.1 Å². The molecule has 0 bridgehead atoms. The van der Waals surface area contributed by atoms with E-state index in [0.717, 1.165) is 0 Å². The molecule has 0 aliphatic heterocycles. The first kappa shape index (κ1) is 13.3. The Bertz CT molecular complexity index is 341. The van der Waals surface area contributed by atoms with Crippen molar-refractivity contribution in [3.8, 4) is 0 Å². The number of rotatable bonds is 1. The molecule has 0 aliphatic carbocycles. The third kappa shape index (κ3) is 2.88. The molecule has 0 spiro atoms. The van der Waals surface area contributed by atoms with Crippen LogP contribution in [0.4, 0.5) is 0 Å². The summed E-state index contributed by atoms with van der Waals surface area (Å²) in [5, 5.41) is 10.5. The first-order valence-electron chi connectivity index (χ1n) is 2.89. The topological polar surface area (TPSA) is 40.1 Å². The molecule has 0 atom stereocenters. The molecule has 0 saturated carbocycles. The van der Waals surface area contributed by atoms with E-state index in [1.807, 2.05) is 0 Å². The number of carbonyl (C=O) groups excluding carboxylic acids is 1. The maximum Gasteiger partial charge on any atom is 1.00 e. The minimum atomic E-state index is -1.38. The molecule has 6 heteroatoms. The number of carbonyl (C=O) groups is 1. The van der Waals surface area contributed by atoms with Gasteiger partial charge in [0.1, 0.15) is 0 Å². The first-order chi connectivity index (χ1) is 5.54. The van der Waals surface area contributed by atoms with E-state index < -0.39 is 5.97 Å². The fraction of sp³-hybridized carbons (Fsp3) is 0. The molecule has 13 heavy (non-hydrogen) atoms. The van der Waals surface area contributed by atoms with E-state index in [1.54, 1.807) is 0 Å². The van der Waals surface area contributed by atoms with Crippen LogP contribution in [0.5, 0.6) is 0 Å². The Kier molecular flexibility index (Phi) is 5.37. The van der Waals surface area contributed by atoms with Crippen molar-refractivity contribution >= 4 is 40.8 Å². The molecular weight excluding hydrogens is 330 g/mol. The molecule has 2 nitrogen and oxygen atoms in total. The van der Waals surface area contributed by atoms with Crippen molar-refractivity contribution in [3.05, 3.63) is 32.8 Å². The van der Waals surface area contributed by atoms with Gasteiger partial charge in [-0.2, -0.15) is 0 Å². The van der Waals surface area contributed by atoms with Gasteiger partial charge < -0.3 is 9.90 Å². The van der Waals surface area contributed by atoms with Gasteiger partial charge in [0, 0.05) is 5.56 Å². The summed E-state index contributed by atoms with van der Waals surface area (Å²) < 4.78 is 0. The number of carboxylic acids is 1. The van der Waals surface area contributed by atoms with Gasteiger partial charge >= 0.3 is 22.4 Å². The van der Waals surface area contributed by atoms with Gasteiger partial charge in [-0.25, -0.2) is 0 Å². The SMILES string of the molecule is O=C([O-])c1ccc(Cl)c(Cl)c1Cl.[Ag+]. The Morgan fingerprint density at radius 1 is 1.15 bits per heavy atom. The molecule has 1 rings (SSSR count). The van der Waals surface area contributed by atoms with Gasteiger partial charge in [-0.15, -0.1) is 0 Å². The fourth-order valence-electron chi connectivity index (χ4n) is 0.684. The summed E-state index contributed by atoms with van der Waals surface area (Å²) in [6.07, 6.45) is 0. The Morgan fingerprint density at radius 2 is 1.69 bits per heavy atom. The summed E-state index contributed by atoms with van der Waals surface area (Å²) in [7, 11) is 0. The van der Waals surface area contributed by atoms with Gasteiger partial charge in [-0.3, -0.25) is 0 Å². The van der Waals surface area contributed by atoms with Crippen LogP contribution in [0.3, 0.4) is 0 Å². The second-order valence-corrected chi connectivity index (χ2v) is 3.17. The van der Waals surface area contributed by atoms with Crippen molar-refractivity contribution in [2.75, 3.05) is 0 Å². The van der Waals surface area contributed by atoms with Gasteiger partial charge in [0.25, 0.3) is 0 Å². The average molecular weight is 332 g/mol. The predicted molar refractivity (Wildman–Crippen MR) is 45.8 cm³/mol. The third-order valence-corrected chi connectivity index (χ3v) is 2.55. The van der Waals surface area contributed by atoms with Crippen LogP contribution in [-0.2, 0) is 22.4 Å². The molecule has 0 N–H and O–H groups in total. The number of benzene rings is 1. The van der Waals surface area contributed by atoms with E-state index in [9.17, 15) is 9.90 Å². The zero-order valence-electron chi connectivity index (χ0n) is 5.91. The predicted octanol–water partition coefficient (Wildman–Crippen LogP) is 2.01. The third-order valence-electron chi connectivity index (χ3n) is 1.26. The molecule has 0 aliphatic rings. The molecule has 1 aromatic rings. The van der Waals surface area contributed by atoms with Crippen LogP contribution in [0.1, 0.15) is 10.4 Å². The summed E-state index contributed by atoms with van der Waals surface area (Å²) in [4.78, 5) is 10.4. The largest absolute Gasteiger partial charge is 1.00 e. The average Bonchev–Trinajstić information content (AvgIpc) is 2.00. The number of halogens is 3. The zero-order valence-corrected chi connectivity index (χ0v) is 9.66. The molecule has 0 amide bonds. The Hall–Kier alpha value is 0.300. The fourth-order valence-corrected chi connectivity index (χ4v) is 1.30. The van der Waals surface area contributed by atoms with Crippen molar-refractivity contribution in [3.63, 3.8) is 0 Å². The summed E-state index contributed by atoms with van der Waals surface area (Å²) >= 11 is 16.7. The Labute approximate surface area is 105 Å². The van der Waals surface area contributed by atoms with Gasteiger partial charge in [0.15, 0.2) is 0 Å². The zero-order chi connectivity index (χ0) is 9.30. The Morgan fingerprint density at radius 3 is 2.15 bits per heavy atom. The maximum absolute atomic E-state index is 10.4. The van der Waals surface area contributed by atoms with Crippen LogP contribution >= 0.6 is 34.8 Å². The molecule has 0 fully saturated rings. The molecule has 74 valence electrons. The van der Waals surface area contributed by atoms with E-state index in [0.29, 0.717) is 0 Å². The van der Waals surface area contributed by atoms with Crippen molar-refractivity contribution in [1.29, 1.82) is 0 Å². The van der Waals surface area contributed by atoms with Crippen molar-refractivity contribution in [2.45, 2.75) is 0 Å². The van der Waals surface area contributed by atoms with E-state index >= 15 is 0 Å². The van der Waals surface area contributed by atoms with Crippen molar-refractivity contribution in [2.24, 2.45) is 0 Å². The van der Waals surface area contributed by atoms with E-state index in [4.69, 9.17) is 34.8 Å². The van der Waals surface area contributed by atoms with Gasteiger partial charge in [0.2, 0.25) is 0 Å². The number of hydrogen-bond donors (Lipinski definition) is 0. The van der Waals surface area contributed by atoms with E-state index in [1.165, 1.54) is 12.1 Å². The van der Waals surface area contributed by atoms with E-state index in [2.05, 4.69) is 0 Å². The maximum atomic E-state index is 10.4. The first-order valence-corrected chi connectivity index (χ1v) is 4.02.